The number of aliphatic hydroxyl groups is 1. The Labute approximate surface area is 157 Å². The van der Waals surface area contributed by atoms with Gasteiger partial charge in [0, 0.05) is 48.8 Å². The van der Waals surface area contributed by atoms with E-state index in [-0.39, 0.29) is 17.9 Å². The van der Waals surface area contributed by atoms with E-state index < -0.39 is 5.82 Å². The summed E-state index contributed by atoms with van der Waals surface area (Å²) in [4.78, 5) is 10.8. The Morgan fingerprint density at radius 2 is 1.85 bits per heavy atom. The molecule has 5 N–H and O–H groups in total. The van der Waals surface area contributed by atoms with Gasteiger partial charge in [-0.3, -0.25) is 0 Å². The summed E-state index contributed by atoms with van der Waals surface area (Å²) in [5.74, 6) is 0.153. The molecule has 1 aromatic carbocycles. The van der Waals surface area contributed by atoms with Crippen molar-refractivity contribution in [3.05, 3.63) is 29.8 Å². The van der Waals surface area contributed by atoms with Crippen molar-refractivity contribution in [3.63, 3.8) is 0 Å². The monoisotopic (exact) mass is 373 g/mol. The largest absolute Gasteiger partial charge is 0.397 e. The lowest BCUT2D eigenvalue weighted by molar-refractivity contribution is 0.109. The molecule has 27 heavy (non-hydrogen) atoms. The van der Waals surface area contributed by atoms with Crippen LogP contribution in [0.15, 0.2) is 18.5 Å². The molecule has 2 saturated heterocycles. The minimum Gasteiger partial charge on any atom is -0.397 e. The standard InChI is InChI=1S/C19H24FN5O2/c20-17-13(8-14(21)18(22)16(17)15-2-1-7-27-15)11-9-23-19(24-10-11)25-5-3-12(26)4-6-25/h8-10,12,15,26H,1-7,21-22H2. The molecule has 0 aliphatic carbocycles. The van der Waals surface area contributed by atoms with Gasteiger partial charge in [-0.25, -0.2) is 14.4 Å². The summed E-state index contributed by atoms with van der Waals surface area (Å²) in [6.07, 6.45) is 5.55. The Hall–Kier alpha value is -2.45. The number of ether oxygens (including phenoxy) is 1. The van der Waals surface area contributed by atoms with E-state index in [1.807, 2.05) is 4.90 Å². The summed E-state index contributed by atoms with van der Waals surface area (Å²) >= 11 is 0. The lowest BCUT2D eigenvalue weighted by Crippen LogP contribution is -2.36. The van der Waals surface area contributed by atoms with Gasteiger partial charge in [0.25, 0.3) is 0 Å². The van der Waals surface area contributed by atoms with E-state index in [0.29, 0.717) is 60.9 Å². The van der Waals surface area contributed by atoms with Crippen molar-refractivity contribution in [1.29, 1.82) is 0 Å². The SMILES string of the molecule is Nc1cc(-c2cnc(N3CCC(O)CC3)nc2)c(F)c(C2CCCO2)c1N. The van der Waals surface area contributed by atoms with E-state index in [4.69, 9.17) is 16.2 Å². The highest BCUT2D eigenvalue weighted by molar-refractivity contribution is 5.78. The van der Waals surface area contributed by atoms with Crippen LogP contribution in [-0.4, -0.2) is 40.9 Å². The van der Waals surface area contributed by atoms with Crippen LogP contribution in [0.4, 0.5) is 21.7 Å². The van der Waals surface area contributed by atoms with Crippen LogP contribution in [-0.2, 0) is 4.74 Å². The van der Waals surface area contributed by atoms with Crippen molar-refractivity contribution in [1.82, 2.24) is 9.97 Å². The fraction of sp³-hybridized carbons (Fsp3) is 0.474. The Balaban J connectivity index is 1.65. The molecule has 2 aliphatic rings. The summed E-state index contributed by atoms with van der Waals surface area (Å²) in [6.45, 7) is 2.00. The van der Waals surface area contributed by atoms with Gasteiger partial charge >= 0.3 is 0 Å². The average molecular weight is 373 g/mol. The van der Waals surface area contributed by atoms with Crippen molar-refractivity contribution in [2.24, 2.45) is 0 Å². The highest BCUT2D eigenvalue weighted by Crippen LogP contribution is 2.40. The van der Waals surface area contributed by atoms with Crippen molar-refractivity contribution in [3.8, 4) is 11.1 Å². The molecule has 0 saturated carbocycles. The number of piperidine rings is 1. The van der Waals surface area contributed by atoms with E-state index in [1.165, 1.54) is 6.07 Å². The molecule has 1 unspecified atom stereocenters. The maximum absolute atomic E-state index is 15.2. The van der Waals surface area contributed by atoms with Crippen LogP contribution in [0.3, 0.4) is 0 Å². The van der Waals surface area contributed by atoms with Crippen LogP contribution in [0.2, 0.25) is 0 Å². The molecule has 2 fully saturated rings. The third kappa shape index (κ3) is 3.42. The Bertz CT molecular complexity index is 816. The van der Waals surface area contributed by atoms with Crippen LogP contribution < -0.4 is 16.4 Å². The fourth-order valence-electron chi connectivity index (χ4n) is 3.74. The zero-order valence-corrected chi connectivity index (χ0v) is 15.1. The Morgan fingerprint density at radius 1 is 1.15 bits per heavy atom. The van der Waals surface area contributed by atoms with Gasteiger partial charge in [0.1, 0.15) is 5.82 Å². The van der Waals surface area contributed by atoms with E-state index in [1.54, 1.807) is 12.4 Å². The highest BCUT2D eigenvalue weighted by atomic mass is 19.1. The van der Waals surface area contributed by atoms with Crippen LogP contribution in [0.1, 0.15) is 37.4 Å². The molecule has 0 spiro atoms. The van der Waals surface area contributed by atoms with Crippen LogP contribution >= 0.6 is 0 Å². The van der Waals surface area contributed by atoms with Gasteiger partial charge in [-0.05, 0) is 31.7 Å². The molecule has 144 valence electrons. The number of nitrogens with two attached hydrogens (primary N) is 2. The molecule has 3 heterocycles. The number of anilines is 3. The summed E-state index contributed by atoms with van der Waals surface area (Å²) in [7, 11) is 0. The molecule has 0 radical (unpaired) electrons. The van der Waals surface area contributed by atoms with E-state index in [9.17, 15) is 5.11 Å². The number of rotatable bonds is 3. The van der Waals surface area contributed by atoms with Gasteiger partial charge in [-0.2, -0.15) is 0 Å². The van der Waals surface area contributed by atoms with Crippen molar-refractivity contribution in [2.75, 3.05) is 36.1 Å². The van der Waals surface area contributed by atoms with Crippen LogP contribution in [0.5, 0.6) is 0 Å². The minimum atomic E-state index is -0.425. The molecule has 4 rings (SSSR count). The van der Waals surface area contributed by atoms with Crippen LogP contribution in [0, 0.1) is 5.82 Å². The van der Waals surface area contributed by atoms with E-state index in [2.05, 4.69) is 9.97 Å². The number of hydrogen-bond acceptors (Lipinski definition) is 7. The number of aromatic nitrogens is 2. The topological polar surface area (TPSA) is 111 Å². The second-order valence-electron chi connectivity index (χ2n) is 7.15. The number of hydrogen-bond donors (Lipinski definition) is 3. The maximum atomic E-state index is 15.2. The minimum absolute atomic E-state index is 0.243. The number of nitrogens with zero attached hydrogens (tertiary/aromatic N) is 3. The third-order valence-corrected chi connectivity index (χ3v) is 5.32. The first-order valence-corrected chi connectivity index (χ1v) is 9.29. The first kappa shape index (κ1) is 17.9. The molecule has 0 bridgehead atoms. The van der Waals surface area contributed by atoms with Crippen molar-refractivity contribution >= 4 is 17.3 Å². The normalized spacial score (nSPS) is 21.0. The van der Waals surface area contributed by atoms with Crippen molar-refractivity contribution in [2.45, 2.75) is 37.9 Å². The highest BCUT2D eigenvalue weighted by Gasteiger charge is 2.27. The second-order valence-corrected chi connectivity index (χ2v) is 7.15. The number of halogens is 1. The molecule has 1 atom stereocenters. The summed E-state index contributed by atoms with van der Waals surface area (Å²) in [5.41, 5.74) is 13.8. The molecule has 2 aromatic rings. The van der Waals surface area contributed by atoms with Crippen LogP contribution in [0.25, 0.3) is 11.1 Å². The summed E-state index contributed by atoms with van der Waals surface area (Å²) in [6, 6.07) is 1.53. The van der Waals surface area contributed by atoms with Gasteiger partial charge in [0.05, 0.1) is 23.6 Å². The second kappa shape index (κ2) is 7.28. The molecule has 0 amide bonds. The Kier molecular flexibility index (Phi) is 4.84. The number of benzene rings is 1. The lowest BCUT2D eigenvalue weighted by atomic mass is 9.96. The predicted molar refractivity (Wildman–Crippen MR) is 102 cm³/mol. The molecular formula is C19H24FN5O2. The molecular weight excluding hydrogens is 349 g/mol. The molecule has 8 heteroatoms. The Morgan fingerprint density at radius 3 is 2.48 bits per heavy atom. The summed E-state index contributed by atoms with van der Waals surface area (Å²) < 4.78 is 20.9. The van der Waals surface area contributed by atoms with Crippen molar-refractivity contribution < 1.29 is 14.2 Å². The van der Waals surface area contributed by atoms with Gasteiger partial charge in [-0.1, -0.05) is 0 Å². The molecule has 1 aromatic heterocycles. The zero-order valence-electron chi connectivity index (χ0n) is 15.1. The molecule has 7 nitrogen and oxygen atoms in total. The molecule has 2 aliphatic heterocycles. The maximum Gasteiger partial charge on any atom is 0.225 e. The first-order valence-electron chi connectivity index (χ1n) is 9.29. The van der Waals surface area contributed by atoms with E-state index >= 15 is 4.39 Å². The van der Waals surface area contributed by atoms with Gasteiger partial charge in [-0.15, -0.1) is 0 Å². The smallest absolute Gasteiger partial charge is 0.225 e. The first-order chi connectivity index (χ1) is 13.0. The van der Waals surface area contributed by atoms with Gasteiger partial charge in [0.2, 0.25) is 5.95 Å². The number of aliphatic hydroxyl groups excluding tert-OH is 1. The predicted octanol–water partition coefficient (Wildman–Crippen LogP) is 2.26. The van der Waals surface area contributed by atoms with Gasteiger partial charge < -0.3 is 26.2 Å². The fourth-order valence-corrected chi connectivity index (χ4v) is 3.74. The number of nitrogen functional groups attached to an aromatic ring is 2. The zero-order chi connectivity index (χ0) is 19.0. The lowest BCUT2D eigenvalue weighted by Gasteiger charge is -2.29. The van der Waals surface area contributed by atoms with Gasteiger partial charge in [0.15, 0.2) is 0 Å². The quantitative estimate of drug-likeness (QED) is 0.708. The summed E-state index contributed by atoms with van der Waals surface area (Å²) in [5, 5.41) is 9.62. The average Bonchev–Trinajstić information content (AvgIpc) is 3.20. The third-order valence-electron chi connectivity index (χ3n) is 5.32. The van der Waals surface area contributed by atoms with E-state index in [0.717, 1.165) is 12.8 Å².